The molecule has 0 spiro atoms. The third kappa shape index (κ3) is 1.39. The van der Waals surface area contributed by atoms with Gasteiger partial charge in [0, 0.05) is 10.7 Å². The first-order valence-corrected chi connectivity index (χ1v) is 3.37. The Hall–Kier alpha value is -0.335. The van der Waals surface area contributed by atoms with E-state index in [4.69, 9.17) is 36.8 Å². The minimum Gasteiger partial charge on any atom is -0.398 e. The van der Waals surface area contributed by atoms with E-state index in [0.717, 1.165) is 0 Å². The van der Waals surface area contributed by atoms with E-state index >= 15 is 0 Å². The number of nitrogen functional groups attached to an aromatic ring is 1. The lowest BCUT2D eigenvalue weighted by atomic mass is 9.96. The van der Waals surface area contributed by atoms with Crippen LogP contribution < -0.4 is 11.2 Å². The van der Waals surface area contributed by atoms with Crippen molar-refractivity contribution in [2.75, 3.05) is 5.73 Å². The lowest BCUT2D eigenvalue weighted by Gasteiger charge is -2.01. The van der Waals surface area contributed by atoms with Gasteiger partial charge in [0.25, 0.3) is 0 Å². The number of halogens is 2. The largest absolute Gasteiger partial charge is 0.398 e. The van der Waals surface area contributed by atoms with Crippen LogP contribution in [-0.4, -0.2) is 7.85 Å². The van der Waals surface area contributed by atoms with E-state index in [2.05, 4.69) is 0 Å². The van der Waals surface area contributed by atoms with Crippen LogP contribution in [0.4, 0.5) is 5.69 Å². The maximum Gasteiger partial charge on any atom is 0.115 e. The molecule has 0 aliphatic carbocycles. The molecule has 0 fully saturated rings. The summed E-state index contributed by atoms with van der Waals surface area (Å²) >= 11 is 11.2. The molecule has 1 aromatic rings. The monoisotopic (exact) mass is 171 g/mol. The first kappa shape index (κ1) is 7.77. The molecule has 0 saturated heterocycles. The molecule has 0 aromatic heterocycles. The molecule has 0 aliphatic rings. The molecule has 10 heavy (non-hydrogen) atoms. The molecule has 0 aliphatic heterocycles. The van der Waals surface area contributed by atoms with Crippen molar-refractivity contribution in [3.63, 3.8) is 0 Å². The van der Waals surface area contributed by atoms with Crippen LogP contribution in [0.1, 0.15) is 0 Å². The zero-order valence-electron chi connectivity index (χ0n) is 5.07. The van der Waals surface area contributed by atoms with E-state index in [1.165, 1.54) is 12.1 Å². The molecule has 0 unspecified atom stereocenters. The second-order valence-corrected chi connectivity index (χ2v) is 2.71. The summed E-state index contributed by atoms with van der Waals surface area (Å²) in [5.74, 6) is 0. The molecule has 50 valence electrons. The maximum absolute atomic E-state index is 5.62. The van der Waals surface area contributed by atoms with Crippen molar-refractivity contribution >= 4 is 42.2 Å². The summed E-state index contributed by atoms with van der Waals surface area (Å²) in [6.07, 6.45) is 0. The van der Waals surface area contributed by atoms with E-state index < -0.39 is 0 Å². The van der Waals surface area contributed by atoms with E-state index in [1.807, 2.05) is 0 Å². The van der Waals surface area contributed by atoms with Gasteiger partial charge in [-0.1, -0.05) is 28.7 Å². The Balaban J connectivity index is 3.28. The molecule has 0 amide bonds. The summed E-state index contributed by atoms with van der Waals surface area (Å²) in [5.41, 5.74) is 6.31. The fraction of sp³-hybridized carbons (Fsp3) is 0. The molecule has 4 heteroatoms. The zero-order valence-corrected chi connectivity index (χ0v) is 6.58. The van der Waals surface area contributed by atoms with Crippen LogP contribution in [0.5, 0.6) is 0 Å². The van der Waals surface area contributed by atoms with Gasteiger partial charge in [0.05, 0.1) is 5.02 Å². The standard InChI is InChI=1S/C6H4BCl2N/c7-3-1-6(10)5(9)2-4(3)8/h1-2H,10H2. The van der Waals surface area contributed by atoms with Gasteiger partial charge >= 0.3 is 0 Å². The Morgan fingerprint density at radius 2 is 1.80 bits per heavy atom. The minimum atomic E-state index is 0.430. The number of rotatable bonds is 0. The van der Waals surface area contributed by atoms with E-state index in [0.29, 0.717) is 21.2 Å². The molecule has 2 radical (unpaired) electrons. The highest BCUT2D eigenvalue weighted by Crippen LogP contribution is 2.20. The van der Waals surface area contributed by atoms with Gasteiger partial charge in [-0.25, -0.2) is 0 Å². The number of nitrogens with two attached hydrogens (primary N) is 1. The van der Waals surface area contributed by atoms with E-state index in [1.54, 1.807) is 0 Å². The molecule has 2 N–H and O–H groups in total. The maximum atomic E-state index is 5.62. The third-order valence-electron chi connectivity index (χ3n) is 1.12. The van der Waals surface area contributed by atoms with Gasteiger partial charge < -0.3 is 5.73 Å². The quantitative estimate of drug-likeness (QED) is 0.463. The molecular formula is C6H4BCl2N. The van der Waals surface area contributed by atoms with Crippen molar-refractivity contribution in [2.45, 2.75) is 0 Å². The predicted molar refractivity (Wildman–Crippen MR) is 46.3 cm³/mol. The average molecular weight is 172 g/mol. The SMILES string of the molecule is [B]c1cc(N)c(Cl)cc1Cl. The molecular weight excluding hydrogens is 168 g/mol. The number of benzene rings is 1. The Morgan fingerprint density at radius 3 is 2.30 bits per heavy atom. The van der Waals surface area contributed by atoms with Gasteiger partial charge in [-0.2, -0.15) is 0 Å². The second-order valence-electron chi connectivity index (χ2n) is 1.90. The number of hydrogen-bond acceptors (Lipinski definition) is 1. The molecule has 0 heterocycles. The van der Waals surface area contributed by atoms with Gasteiger partial charge in [-0.05, 0) is 12.1 Å². The van der Waals surface area contributed by atoms with Crippen LogP contribution >= 0.6 is 23.2 Å². The number of hydrogen-bond donors (Lipinski definition) is 1. The van der Waals surface area contributed by atoms with Gasteiger partial charge in [-0.15, -0.1) is 0 Å². The van der Waals surface area contributed by atoms with Crippen LogP contribution in [0, 0.1) is 0 Å². The molecule has 0 saturated carbocycles. The fourth-order valence-corrected chi connectivity index (χ4v) is 0.967. The highest BCUT2D eigenvalue weighted by atomic mass is 35.5. The summed E-state index contributed by atoms with van der Waals surface area (Å²) in [5, 5.41) is 0.860. The van der Waals surface area contributed by atoms with Crippen molar-refractivity contribution in [3.05, 3.63) is 22.2 Å². The second kappa shape index (κ2) is 2.73. The van der Waals surface area contributed by atoms with Crippen LogP contribution in [0.25, 0.3) is 0 Å². The van der Waals surface area contributed by atoms with E-state index in [-0.39, 0.29) is 0 Å². The minimum absolute atomic E-state index is 0.430. The van der Waals surface area contributed by atoms with Crippen LogP contribution in [0.2, 0.25) is 10.0 Å². The van der Waals surface area contributed by atoms with Gasteiger partial charge in [0.1, 0.15) is 7.85 Å². The summed E-state index contributed by atoms with van der Waals surface area (Å²) < 4.78 is 0. The third-order valence-corrected chi connectivity index (χ3v) is 1.77. The van der Waals surface area contributed by atoms with Crippen molar-refractivity contribution in [1.29, 1.82) is 0 Å². The van der Waals surface area contributed by atoms with Gasteiger partial charge in [-0.3, -0.25) is 0 Å². The fourth-order valence-electron chi connectivity index (χ4n) is 0.583. The lowest BCUT2D eigenvalue weighted by molar-refractivity contribution is 1.73. The molecule has 1 nitrogen and oxygen atoms in total. The number of anilines is 1. The summed E-state index contributed by atoms with van der Waals surface area (Å²) in [7, 11) is 5.42. The normalized spacial score (nSPS) is 9.80. The highest BCUT2D eigenvalue weighted by Gasteiger charge is 1.99. The van der Waals surface area contributed by atoms with Crippen LogP contribution in [0.15, 0.2) is 12.1 Å². The van der Waals surface area contributed by atoms with E-state index in [9.17, 15) is 0 Å². The van der Waals surface area contributed by atoms with Crippen molar-refractivity contribution in [2.24, 2.45) is 0 Å². The Kier molecular flexibility index (Phi) is 2.12. The Bertz CT molecular complexity index is 212. The zero-order chi connectivity index (χ0) is 7.72. The Morgan fingerprint density at radius 1 is 1.20 bits per heavy atom. The molecule has 1 rings (SSSR count). The average Bonchev–Trinajstić information content (AvgIpc) is 1.84. The topological polar surface area (TPSA) is 26.0 Å². The van der Waals surface area contributed by atoms with Gasteiger partial charge in [0.2, 0.25) is 0 Å². The summed E-state index contributed by atoms with van der Waals surface area (Å²) in [6, 6.07) is 3.05. The van der Waals surface area contributed by atoms with Crippen molar-refractivity contribution < 1.29 is 0 Å². The first-order valence-electron chi connectivity index (χ1n) is 2.61. The van der Waals surface area contributed by atoms with Crippen LogP contribution in [-0.2, 0) is 0 Å². The van der Waals surface area contributed by atoms with Crippen molar-refractivity contribution in [1.82, 2.24) is 0 Å². The Labute approximate surface area is 70.5 Å². The lowest BCUT2D eigenvalue weighted by Crippen LogP contribution is -2.05. The molecule has 1 aromatic carbocycles. The summed E-state index contributed by atoms with van der Waals surface area (Å²) in [6.45, 7) is 0. The van der Waals surface area contributed by atoms with Crippen LogP contribution in [0.3, 0.4) is 0 Å². The molecule has 0 bridgehead atoms. The van der Waals surface area contributed by atoms with Crippen molar-refractivity contribution in [3.8, 4) is 0 Å². The summed E-state index contributed by atoms with van der Waals surface area (Å²) in [4.78, 5) is 0. The first-order chi connectivity index (χ1) is 4.61. The molecule has 0 atom stereocenters. The van der Waals surface area contributed by atoms with Gasteiger partial charge in [0.15, 0.2) is 0 Å². The smallest absolute Gasteiger partial charge is 0.115 e. The predicted octanol–water partition coefficient (Wildman–Crippen LogP) is 1.37. The highest BCUT2D eigenvalue weighted by molar-refractivity contribution is 6.46.